The molecule has 0 saturated heterocycles. The molecule has 1 atom stereocenters. The lowest BCUT2D eigenvalue weighted by Gasteiger charge is -2.20. The van der Waals surface area contributed by atoms with Crippen molar-refractivity contribution in [2.45, 2.75) is 33.1 Å². The van der Waals surface area contributed by atoms with E-state index in [9.17, 15) is 4.79 Å². The third-order valence-electron chi connectivity index (χ3n) is 4.43. The number of benzene rings is 1. The van der Waals surface area contributed by atoms with Gasteiger partial charge in [-0.3, -0.25) is 4.79 Å². The minimum Gasteiger partial charge on any atom is -0.397 e. The highest BCUT2D eigenvalue weighted by molar-refractivity contribution is 5.95. The Morgan fingerprint density at radius 3 is 2.84 bits per heavy atom. The van der Waals surface area contributed by atoms with Crippen molar-refractivity contribution in [2.24, 2.45) is 11.3 Å². The summed E-state index contributed by atoms with van der Waals surface area (Å²) in [6, 6.07) is 3.95. The summed E-state index contributed by atoms with van der Waals surface area (Å²) in [7, 11) is 0. The first-order valence-electron chi connectivity index (χ1n) is 6.92. The fourth-order valence-corrected chi connectivity index (χ4v) is 2.76. The van der Waals surface area contributed by atoms with Crippen LogP contribution < -0.4 is 16.4 Å². The molecule has 102 valence electrons. The van der Waals surface area contributed by atoms with Gasteiger partial charge in [-0.2, -0.15) is 0 Å². The zero-order valence-corrected chi connectivity index (χ0v) is 11.5. The predicted molar refractivity (Wildman–Crippen MR) is 78.2 cm³/mol. The molecular weight excluding hydrogens is 238 g/mol. The monoisotopic (exact) mass is 259 g/mol. The van der Waals surface area contributed by atoms with Gasteiger partial charge in [0.15, 0.2) is 0 Å². The third kappa shape index (κ3) is 2.39. The number of nitrogen functional groups attached to an aromatic ring is 1. The average Bonchev–Trinajstić information content (AvgIpc) is 2.95. The minimum atomic E-state index is 0.0894. The zero-order valence-electron chi connectivity index (χ0n) is 11.5. The number of amides is 1. The van der Waals surface area contributed by atoms with Crippen LogP contribution in [0.1, 0.15) is 32.3 Å². The number of anilines is 3. The summed E-state index contributed by atoms with van der Waals surface area (Å²) in [5, 5.41) is 6.33. The Balaban J connectivity index is 1.74. The maximum Gasteiger partial charge on any atom is 0.224 e. The molecule has 1 saturated carbocycles. The van der Waals surface area contributed by atoms with Crippen LogP contribution in [0.3, 0.4) is 0 Å². The van der Waals surface area contributed by atoms with E-state index in [1.807, 2.05) is 12.1 Å². The molecule has 2 aliphatic rings. The van der Waals surface area contributed by atoms with E-state index in [0.717, 1.165) is 41.5 Å². The van der Waals surface area contributed by atoms with Gasteiger partial charge >= 0.3 is 0 Å². The summed E-state index contributed by atoms with van der Waals surface area (Å²) in [6.07, 6.45) is 2.60. The fourth-order valence-electron chi connectivity index (χ4n) is 2.76. The number of nitrogens with two attached hydrogens (primary N) is 1. The Bertz CT molecular complexity index is 536. The molecule has 19 heavy (non-hydrogen) atoms. The molecule has 1 amide bonds. The van der Waals surface area contributed by atoms with Crippen molar-refractivity contribution in [1.82, 2.24) is 0 Å². The molecular formula is C15H21N3O. The van der Waals surface area contributed by atoms with E-state index in [1.54, 1.807) is 0 Å². The van der Waals surface area contributed by atoms with Crippen molar-refractivity contribution in [1.29, 1.82) is 0 Å². The van der Waals surface area contributed by atoms with Gasteiger partial charge in [0.1, 0.15) is 0 Å². The molecule has 0 aromatic heterocycles. The average molecular weight is 259 g/mol. The first-order chi connectivity index (χ1) is 8.95. The Kier molecular flexibility index (Phi) is 2.69. The third-order valence-corrected chi connectivity index (χ3v) is 4.43. The highest BCUT2D eigenvalue weighted by atomic mass is 16.1. The number of hydrogen-bond acceptors (Lipinski definition) is 3. The Morgan fingerprint density at radius 2 is 2.16 bits per heavy atom. The number of hydrogen-bond donors (Lipinski definition) is 3. The Labute approximate surface area is 113 Å². The minimum absolute atomic E-state index is 0.0894. The number of carbonyl (C=O) groups excluding carboxylic acids is 1. The lowest BCUT2D eigenvalue weighted by molar-refractivity contribution is -0.116. The molecule has 1 aliphatic heterocycles. The van der Waals surface area contributed by atoms with Gasteiger partial charge in [0.05, 0.1) is 11.4 Å². The van der Waals surface area contributed by atoms with E-state index in [1.165, 1.54) is 6.42 Å². The van der Waals surface area contributed by atoms with Gasteiger partial charge in [0, 0.05) is 18.7 Å². The topological polar surface area (TPSA) is 67.1 Å². The number of nitrogens with one attached hydrogen (secondary N) is 2. The van der Waals surface area contributed by atoms with Crippen molar-refractivity contribution < 1.29 is 4.79 Å². The predicted octanol–water partition coefficient (Wildman–Crippen LogP) is 2.61. The van der Waals surface area contributed by atoms with E-state index in [2.05, 4.69) is 24.5 Å². The van der Waals surface area contributed by atoms with Crippen LogP contribution in [-0.4, -0.2) is 12.5 Å². The largest absolute Gasteiger partial charge is 0.397 e. The van der Waals surface area contributed by atoms with Crippen LogP contribution in [0.4, 0.5) is 17.1 Å². The molecule has 0 radical (unpaired) electrons. The van der Waals surface area contributed by atoms with Crippen molar-refractivity contribution in [3.63, 3.8) is 0 Å². The molecule has 1 aliphatic carbocycles. The van der Waals surface area contributed by atoms with E-state index in [-0.39, 0.29) is 5.91 Å². The van der Waals surface area contributed by atoms with Crippen LogP contribution in [0.15, 0.2) is 12.1 Å². The van der Waals surface area contributed by atoms with Crippen molar-refractivity contribution in [2.75, 3.05) is 22.9 Å². The van der Waals surface area contributed by atoms with Gasteiger partial charge in [-0.1, -0.05) is 13.8 Å². The molecule has 1 aromatic carbocycles. The summed E-state index contributed by atoms with van der Waals surface area (Å²) in [5.74, 6) is 0.809. The first-order valence-corrected chi connectivity index (χ1v) is 6.92. The van der Waals surface area contributed by atoms with Crippen molar-refractivity contribution >= 4 is 23.0 Å². The second kappa shape index (κ2) is 4.15. The highest BCUT2D eigenvalue weighted by Gasteiger charge is 2.45. The molecule has 4 N–H and O–H groups in total. The smallest absolute Gasteiger partial charge is 0.224 e. The molecule has 0 spiro atoms. The number of carbonyl (C=O) groups is 1. The maximum absolute atomic E-state index is 11.4. The van der Waals surface area contributed by atoms with E-state index < -0.39 is 0 Å². The number of fused-ring (bicyclic) bond motifs is 1. The highest BCUT2D eigenvalue weighted by Crippen LogP contribution is 2.51. The standard InChI is InChI=1S/C15H21N3O/c1-15(2)7-10(15)8-17-13-6-12-9(5-11(13)16)3-4-14(19)18-12/h5-6,10,17H,3-4,7-8,16H2,1-2H3,(H,18,19). The van der Waals surface area contributed by atoms with E-state index in [4.69, 9.17) is 5.73 Å². The lowest BCUT2D eigenvalue weighted by atomic mass is 10.0. The van der Waals surface area contributed by atoms with Crippen LogP contribution in [0, 0.1) is 11.3 Å². The lowest BCUT2D eigenvalue weighted by Crippen LogP contribution is -2.19. The SMILES string of the molecule is CC1(C)CC1CNc1cc2c(cc1N)CCC(=O)N2. The normalized spacial score (nSPS) is 23.5. The molecule has 4 heteroatoms. The van der Waals surface area contributed by atoms with Gasteiger partial charge in [0.25, 0.3) is 0 Å². The summed E-state index contributed by atoms with van der Waals surface area (Å²) < 4.78 is 0. The molecule has 1 aromatic rings. The van der Waals surface area contributed by atoms with Crippen LogP contribution in [0.2, 0.25) is 0 Å². The summed E-state index contributed by atoms with van der Waals surface area (Å²) in [6.45, 7) is 5.52. The van der Waals surface area contributed by atoms with Crippen LogP contribution in [-0.2, 0) is 11.2 Å². The van der Waals surface area contributed by atoms with E-state index >= 15 is 0 Å². The fraction of sp³-hybridized carbons (Fsp3) is 0.533. The van der Waals surface area contributed by atoms with Gasteiger partial charge in [-0.25, -0.2) is 0 Å². The number of aryl methyl sites for hydroxylation is 1. The van der Waals surface area contributed by atoms with Crippen molar-refractivity contribution in [3.05, 3.63) is 17.7 Å². The van der Waals surface area contributed by atoms with Gasteiger partial charge in [-0.15, -0.1) is 0 Å². The van der Waals surface area contributed by atoms with Crippen LogP contribution in [0.5, 0.6) is 0 Å². The van der Waals surface area contributed by atoms with Crippen LogP contribution in [0.25, 0.3) is 0 Å². The second-order valence-electron chi connectivity index (χ2n) is 6.42. The van der Waals surface area contributed by atoms with Crippen LogP contribution >= 0.6 is 0 Å². The van der Waals surface area contributed by atoms with Gasteiger partial charge < -0.3 is 16.4 Å². The van der Waals surface area contributed by atoms with Gasteiger partial charge in [0.2, 0.25) is 5.91 Å². The molecule has 1 heterocycles. The molecule has 0 bridgehead atoms. The summed E-state index contributed by atoms with van der Waals surface area (Å²) >= 11 is 0. The van der Waals surface area contributed by atoms with Crippen molar-refractivity contribution in [3.8, 4) is 0 Å². The molecule has 4 nitrogen and oxygen atoms in total. The quantitative estimate of drug-likeness (QED) is 0.731. The summed E-state index contributed by atoms with van der Waals surface area (Å²) in [4.78, 5) is 11.4. The number of rotatable bonds is 3. The Morgan fingerprint density at radius 1 is 1.42 bits per heavy atom. The van der Waals surface area contributed by atoms with Gasteiger partial charge in [-0.05, 0) is 41.9 Å². The first kappa shape index (κ1) is 12.3. The van der Waals surface area contributed by atoms with E-state index in [0.29, 0.717) is 11.8 Å². The summed E-state index contributed by atoms with van der Waals surface area (Å²) in [5.41, 5.74) is 10.3. The maximum atomic E-state index is 11.4. The molecule has 1 fully saturated rings. The Hall–Kier alpha value is -1.71. The molecule has 3 rings (SSSR count). The molecule has 1 unspecified atom stereocenters. The second-order valence-corrected chi connectivity index (χ2v) is 6.42. The zero-order chi connectivity index (χ0) is 13.6.